The van der Waals surface area contributed by atoms with Crippen LogP contribution in [0.1, 0.15) is 28.4 Å². The van der Waals surface area contributed by atoms with Gasteiger partial charge in [0, 0.05) is 23.4 Å². The van der Waals surface area contributed by atoms with Gasteiger partial charge in [0.05, 0.1) is 14.2 Å². The van der Waals surface area contributed by atoms with E-state index in [0.717, 1.165) is 0 Å². The Hall–Kier alpha value is -2.96. The third kappa shape index (κ3) is 3.51. The van der Waals surface area contributed by atoms with Gasteiger partial charge in [-0.1, -0.05) is 6.92 Å². The monoisotopic (exact) mass is 333 g/mol. The van der Waals surface area contributed by atoms with Gasteiger partial charge in [-0.05, 0) is 18.6 Å². The number of benzene rings is 1. The van der Waals surface area contributed by atoms with E-state index in [2.05, 4.69) is 4.98 Å². The fourth-order valence-corrected chi connectivity index (χ4v) is 2.21. The summed E-state index contributed by atoms with van der Waals surface area (Å²) < 4.78 is 15.5. The molecule has 0 fully saturated rings. The van der Waals surface area contributed by atoms with E-state index in [1.165, 1.54) is 20.4 Å². The third-order valence-electron chi connectivity index (χ3n) is 3.58. The predicted molar refractivity (Wildman–Crippen MR) is 86.8 cm³/mol. The number of H-pyrrole nitrogens is 1. The maximum atomic E-state index is 12.2. The van der Waals surface area contributed by atoms with Crippen molar-refractivity contribution in [3.63, 3.8) is 0 Å². The van der Waals surface area contributed by atoms with Crippen molar-refractivity contribution >= 4 is 5.97 Å². The van der Waals surface area contributed by atoms with Gasteiger partial charge in [0.25, 0.3) is 5.56 Å². The normalized spacial score (nSPS) is 10.3. The van der Waals surface area contributed by atoms with Crippen LogP contribution in [-0.4, -0.2) is 30.3 Å². The molecule has 0 bridgehead atoms. The van der Waals surface area contributed by atoms with Gasteiger partial charge in [-0.3, -0.25) is 4.79 Å². The van der Waals surface area contributed by atoms with Crippen molar-refractivity contribution in [1.29, 1.82) is 0 Å². The van der Waals surface area contributed by atoms with E-state index in [0.29, 0.717) is 29.0 Å². The van der Waals surface area contributed by atoms with E-state index in [-0.39, 0.29) is 12.4 Å². The summed E-state index contributed by atoms with van der Waals surface area (Å²) in [5.41, 5.74) is -0.0315. The Morgan fingerprint density at radius 1 is 1.21 bits per heavy atom. The molecule has 2 rings (SSSR count). The van der Waals surface area contributed by atoms with Gasteiger partial charge in [0.2, 0.25) is 0 Å². The minimum absolute atomic E-state index is 0.110. The van der Waals surface area contributed by atoms with E-state index < -0.39 is 17.1 Å². The molecule has 0 atom stereocenters. The summed E-state index contributed by atoms with van der Waals surface area (Å²) in [4.78, 5) is 26.4. The van der Waals surface area contributed by atoms with Gasteiger partial charge in [0.1, 0.15) is 23.9 Å². The quantitative estimate of drug-likeness (QED) is 0.785. The Balaban J connectivity index is 2.22. The number of methoxy groups -OCH3 is 2. The second-order valence-electron chi connectivity index (χ2n) is 4.97. The van der Waals surface area contributed by atoms with Crippen LogP contribution < -0.4 is 15.0 Å². The summed E-state index contributed by atoms with van der Waals surface area (Å²) in [5.74, 6) is -0.163. The molecule has 0 saturated carbocycles. The molecule has 0 aliphatic heterocycles. The molecule has 2 aromatic rings. The van der Waals surface area contributed by atoms with Crippen molar-refractivity contribution in [2.75, 3.05) is 14.2 Å². The molecule has 0 unspecified atom stereocenters. The number of ether oxygens (including phenoxy) is 3. The number of hydrogen-bond acceptors (Lipinski definition) is 6. The van der Waals surface area contributed by atoms with Crippen molar-refractivity contribution in [1.82, 2.24) is 4.98 Å². The molecule has 7 heteroatoms. The third-order valence-corrected chi connectivity index (χ3v) is 3.58. The molecule has 0 spiro atoms. The zero-order chi connectivity index (χ0) is 17.7. The lowest BCUT2D eigenvalue weighted by atomic mass is 10.1. The molecular formula is C17H19NO6. The molecule has 0 saturated heterocycles. The Morgan fingerprint density at radius 2 is 1.96 bits per heavy atom. The topological polar surface area (TPSA) is 97.9 Å². The first-order valence-corrected chi connectivity index (χ1v) is 7.33. The fraction of sp³-hybridized carbons (Fsp3) is 0.294. The molecule has 0 radical (unpaired) electrons. The summed E-state index contributed by atoms with van der Waals surface area (Å²) in [6.45, 7) is 1.69. The van der Waals surface area contributed by atoms with Gasteiger partial charge in [-0.15, -0.1) is 0 Å². The van der Waals surface area contributed by atoms with Crippen LogP contribution in [0.2, 0.25) is 0 Å². The SMILES string of the molecule is CCc1c[nH]c(=O)c(C(=O)OCc2ccc(OC)cc2OC)c1O. The number of aromatic amines is 1. The molecular weight excluding hydrogens is 314 g/mol. The number of carbonyl (C=O) groups excluding carboxylic acids is 1. The van der Waals surface area contributed by atoms with E-state index in [1.54, 1.807) is 25.1 Å². The van der Waals surface area contributed by atoms with Gasteiger partial charge in [0.15, 0.2) is 5.56 Å². The van der Waals surface area contributed by atoms with Gasteiger partial charge >= 0.3 is 5.97 Å². The Bertz CT molecular complexity index is 796. The summed E-state index contributed by atoms with van der Waals surface area (Å²) in [7, 11) is 3.02. The van der Waals surface area contributed by atoms with Crippen LogP contribution >= 0.6 is 0 Å². The molecule has 1 heterocycles. The van der Waals surface area contributed by atoms with Gasteiger partial charge in [-0.25, -0.2) is 4.79 Å². The number of hydrogen-bond donors (Lipinski definition) is 2. The molecule has 0 amide bonds. The standard InChI is InChI=1S/C17H19NO6/c1-4-10-8-18-16(20)14(15(10)19)17(21)24-9-11-5-6-12(22-2)7-13(11)23-3/h5-8H,4,9H2,1-3H3,(H2,18,19,20). The minimum Gasteiger partial charge on any atom is -0.506 e. The van der Waals surface area contributed by atoms with Crippen LogP contribution in [0.25, 0.3) is 0 Å². The van der Waals surface area contributed by atoms with Crippen molar-refractivity contribution in [3.8, 4) is 17.2 Å². The number of nitrogens with one attached hydrogen (secondary N) is 1. The highest BCUT2D eigenvalue weighted by atomic mass is 16.5. The first kappa shape index (κ1) is 17.4. The minimum atomic E-state index is -0.901. The second-order valence-corrected chi connectivity index (χ2v) is 4.97. The first-order chi connectivity index (χ1) is 11.5. The Kier molecular flexibility index (Phi) is 5.47. The molecule has 24 heavy (non-hydrogen) atoms. The van der Waals surface area contributed by atoms with E-state index in [1.807, 2.05) is 0 Å². The van der Waals surface area contributed by atoms with E-state index >= 15 is 0 Å². The van der Waals surface area contributed by atoms with E-state index in [9.17, 15) is 14.7 Å². The molecule has 0 aliphatic rings. The number of aromatic hydroxyl groups is 1. The Labute approximate surface area is 138 Å². The fourth-order valence-electron chi connectivity index (χ4n) is 2.21. The number of aryl methyl sites for hydroxylation is 1. The second kappa shape index (κ2) is 7.54. The molecule has 0 aliphatic carbocycles. The van der Waals surface area contributed by atoms with Crippen molar-refractivity contribution in [3.05, 3.63) is 51.4 Å². The summed E-state index contributed by atoms with van der Waals surface area (Å²) >= 11 is 0. The highest BCUT2D eigenvalue weighted by molar-refractivity contribution is 5.92. The first-order valence-electron chi connectivity index (χ1n) is 7.33. The van der Waals surface area contributed by atoms with Crippen LogP contribution in [0.5, 0.6) is 17.2 Å². The van der Waals surface area contributed by atoms with Crippen molar-refractivity contribution in [2.45, 2.75) is 20.0 Å². The number of aromatic nitrogens is 1. The highest BCUT2D eigenvalue weighted by Gasteiger charge is 2.20. The Morgan fingerprint density at radius 3 is 2.58 bits per heavy atom. The van der Waals surface area contributed by atoms with Crippen molar-refractivity contribution in [2.24, 2.45) is 0 Å². The summed E-state index contributed by atoms with van der Waals surface area (Å²) in [6.07, 6.45) is 1.84. The predicted octanol–water partition coefficient (Wildman–Crippen LogP) is 2.02. The molecule has 1 aromatic carbocycles. The van der Waals surface area contributed by atoms with Crippen LogP contribution in [0.4, 0.5) is 0 Å². The maximum Gasteiger partial charge on any atom is 0.347 e. The number of carbonyl (C=O) groups is 1. The molecule has 128 valence electrons. The molecule has 2 N–H and O–H groups in total. The zero-order valence-corrected chi connectivity index (χ0v) is 13.7. The lowest BCUT2D eigenvalue weighted by Crippen LogP contribution is -2.20. The lowest BCUT2D eigenvalue weighted by Gasteiger charge is -2.11. The zero-order valence-electron chi connectivity index (χ0n) is 13.7. The van der Waals surface area contributed by atoms with Gasteiger partial charge < -0.3 is 24.3 Å². The van der Waals surface area contributed by atoms with Crippen LogP contribution in [0.3, 0.4) is 0 Å². The van der Waals surface area contributed by atoms with Crippen LogP contribution in [0, 0.1) is 0 Å². The molecule has 7 nitrogen and oxygen atoms in total. The number of esters is 1. The lowest BCUT2D eigenvalue weighted by molar-refractivity contribution is 0.0464. The summed E-state index contributed by atoms with van der Waals surface area (Å²) in [6, 6.07) is 5.05. The smallest absolute Gasteiger partial charge is 0.347 e. The number of rotatable bonds is 6. The highest BCUT2D eigenvalue weighted by Crippen LogP contribution is 2.26. The van der Waals surface area contributed by atoms with Gasteiger partial charge in [-0.2, -0.15) is 0 Å². The van der Waals surface area contributed by atoms with Crippen LogP contribution in [-0.2, 0) is 17.8 Å². The number of pyridine rings is 1. The maximum absolute atomic E-state index is 12.2. The molecule has 1 aromatic heterocycles. The largest absolute Gasteiger partial charge is 0.506 e. The average molecular weight is 333 g/mol. The van der Waals surface area contributed by atoms with Crippen molar-refractivity contribution < 1.29 is 24.1 Å². The summed E-state index contributed by atoms with van der Waals surface area (Å²) in [5, 5.41) is 10.0. The van der Waals surface area contributed by atoms with E-state index in [4.69, 9.17) is 14.2 Å². The van der Waals surface area contributed by atoms with Crippen LogP contribution in [0.15, 0.2) is 29.2 Å². The average Bonchev–Trinajstić information content (AvgIpc) is 2.60.